The van der Waals surface area contributed by atoms with Crippen LogP contribution in [0, 0.1) is 0 Å². The number of rotatable bonds is 17. The van der Waals surface area contributed by atoms with Crippen LogP contribution in [0.1, 0.15) is 43.9 Å². The van der Waals surface area contributed by atoms with Gasteiger partial charge in [0.15, 0.2) is 0 Å². The van der Waals surface area contributed by atoms with Gasteiger partial charge in [-0.05, 0) is 56.0 Å². The Morgan fingerprint density at radius 3 is 1.83 bits per heavy atom. The van der Waals surface area contributed by atoms with E-state index in [0.717, 1.165) is 16.7 Å². The number of ether oxygens (including phenoxy) is 3. The van der Waals surface area contributed by atoms with Gasteiger partial charge in [0.2, 0.25) is 17.7 Å². The van der Waals surface area contributed by atoms with Crippen LogP contribution in [0.2, 0.25) is 0 Å². The van der Waals surface area contributed by atoms with E-state index >= 15 is 0 Å². The van der Waals surface area contributed by atoms with E-state index in [1.165, 1.54) is 13.8 Å². The van der Waals surface area contributed by atoms with E-state index in [0.29, 0.717) is 12.4 Å². The van der Waals surface area contributed by atoms with Crippen molar-refractivity contribution in [1.82, 2.24) is 16.0 Å². The van der Waals surface area contributed by atoms with Gasteiger partial charge < -0.3 is 35.9 Å². The quantitative estimate of drug-likeness (QED) is 0.160. The van der Waals surface area contributed by atoms with Crippen molar-refractivity contribution < 1.29 is 38.2 Å². The van der Waals surface area contributed by atoms with E-state index in [4.69, 9.17) is 19.9 Å². The highest BCUT2D eigenvalue weighted by molar-refractivity contribution is 5.95. The number of amides is 3. The zero-order valence-electron chi connectivity index (χ0n) is 26.8. The molecule has 0 radical (unpaired) electrons. The summed E-state index contributed by atoms with van der Waals surface area (Å²) in [6.45, 7) is 4.96. The van der Waals surface area contributed by atoms with E-state index in [1.807, 2.05) is 36.4 Å². The van der Waals surface area contributed by atoms with Crippen molar-refractivity contribution in [2.75, 3.05) is 6.61 Å². The lowest BCUT2D eigenvalue weighted by Gasteiger charge is -2.23. The number of hydrogen-bond donors (Lipinski definition) is 4. The Hall–Kier alpha value is -5.23. The minimum atomic E-state index is -1.40. The molecule has 12 heteroatoms. The van der Waals surface area contributed by atoms with Crippen LogP contribution in [-0.4, -0.2) is 60.4 Å². The Labute approximate surface area is 274 Å². The molecule has 0 aromatic heterocycles. The third-order valence-electron chi connectivity index (χ3n) is 6.96. The molecule has 3 rings (SSSR count). The zero-order chi connectivity index (χ0) is 34.2. The first-order valence-corrected chi connectivity index (χ1v) is 15.3. The Kier molecular flexibility index (Phi) is 14.4. The van der Waals surface area contributed by atoms with Gasteiger partial charge >= 0.3 is 11.9 Å². The van der Waals surface area contributed by atoms with Crippen molar-refractivity contribution in [1.29, 1.82) is 0 Å². The molecule has 0 heterocycles. The predicted molar refractivity (Wildman–Crippen MR) is 174 cm³/mol. The number of hydrogen-bond acceptors (Lipinski definition) is 9. The van der Waals surface area contributed by atoms with Crippen molar-refractivity contribution in [2.45, 2.75) is 71.0 Å². The number of carbonyl (C=O) groups excluding carboxylic acids is 5. The second-order valence-electron chi connectivity index (χ2n) is 10.9. The van der Waals surface area contributed by atoms with Gasteiger partial charge in [-0.2, -0.15) is 0 Å². The smallest absolute Gasteiger partial charge is 0.328 e. The largest absolute Gasteiger partial charge is 0.489 e. The maximum atomic E-state index is 13.1. The predicted octanol–water partition coefficient (Wildman–Crippen LogP) is 2.33. The molecule has 0 unspecified atom stereocenters. The summed E-state index contributed by atoms with van der Waals surface area (Å²) >= 11 is 0. The summed E-state index contributed by atoms with van der Waals surface area (Å²) in [5.74, 6) is -2.90. The summed E-state index contributed by atoms with van der Waals surface area (Å²) in [5, 5.41) is 7.46. The van der Waals surface area contributed by atoms with Gasteiger partial charge in [-0.1, -0.05) is 72.8 Å². The SMILES string of the molecule is CCOC(=O)[C@@H](C)NC(=O)[C@H](CC(=O)OCc1ccccc1)NC(=O)[C@@H](C)NC(=O)[C@H](N)Cc1ccc(OCc2ccccc2)cc1. The van der Waals surface area contributed by atoms with Crippen LogP contribution in [0.15, 0.2) is 84.9 Å². The van der Waals surface area contributed by atoms with Crippen molar-refractivity contribution in [3.8, 4) is 5.75 Å². The van der Waals surface area contributed by atoms with Gasteiger partial charge in [-0.15, -0.1) is 0 Å². The fraction of sp³-hybridized carbons (Fsp3) is 0.343. The highest BCUT2D eigenvalue weighted by Gasteiger charge is 2.30. The zero-order valence-corrected chi connectivity index (χ0v) is 26.8. The van der Waals surface area contributed by atoms with Crippen LogP contribution in [0.25, 0.3) is 0 Å². The average molecular weight is 647 g/mol. The molecule has 0 saturated carbocycles. The molecule has 3 aromatic rings. The number of nitrogens with two attached hydrogens (primary N) is 1. The lowest BCUT2D eigenvalue weighted by atomic mass is 10.1. The molecule has 0 aliphatic rings. The van der Waals surface area contributed by atoms with Gasteiger partial charge in [-0.3, -0.25) is 19.2 Å². The normalized spacial score (nSPS) is 13.2. The van der Waals surface area contributed by atoms with Gasteiger partial charge in [-0.25, -0.2) is 4.79 Å². The molecule has 4 atom stereocenters. The van der Waals surface area contributed by atoms with E-state index in [9.17, 15) is 24.0 Å². The molecule has 0 bridgehead atoms. The summed E-state index contributed by atoms with van der Waals surface area (Å²) in [7, 11) is 0. The van der Waals surface area contributed by atoms with Crippen molar-refractivity contribution in [2.24, 2.45) is 5.73 Å². The fourth-order valence-electron chi connectivity index (χ4n) is 4.31. The topological polar surface area (TPSA) is 175 Å². The van der Waals surface area contributed by atoms with Crippen LogP contribution in [0.4, 0.5) is 0 Å². The minimum Gasteiger partial charge on any atom is -0.489 e. The van der Waals surface area contributed by atoms with Gasteiger partial charge in [0, 0.05) is 0 Å². The van der Waals surface area contributed by atoms with Crippen LogP contribution in [-0.2, 0) is 53.1 Å². The molecule has 0 saturated heterocycles. The molecule has 47 heavy (non-hydrogen) atoms. The molecule has 250 valence electrons. The average Bonchev–Trinajstić information content (AvgIpc) is 3.07. The molecule has 0 fully saturated rings. The first-order chi connectivity index (χ1) is 22.5. The van der Waals surface area contributed by atoms with E-state index in [2.05, 4.69) is 16.0 Å². The molecule has 0 spiro atoms. The molecule has 3 amide bonds. The maximum absolute atomic E-state index is 13.1. The number of esters is 2. The Morgan fingerprint density at radius 1 is 0.660 bits per heavy atom. The third-order valence-corrected chi connectivity index (χ3v) is 6.96. The van der Waals surface area contributed by atoms with Crippen molar-refractivity contribution >= 4 is 29.7 Å². The first kappa shape index (κ1) is 36.2. The number of benzene rings is 3. The second-order valence-corrected chi connectivity index (χ2v) is 10.9. The molecular formula is C35H42N4O8. The van der Waals surface area contributed by atoms with E-state index < -0.39 is 60.2 Å². The Bertz CT molecular complexity index is 1470. The van der Waals surface area contributed by atoms with Gasteiger partial charge in [0.1, 0.15) is 37.1 Å². The van der Waals surface area contributed by atoms with Crippen LogP contribution in [0.3, 0.4) is 0 Å². The summed E-state index contributed by atoms with van der Waals surface area (Å²) in [5.41, 5.74) is 8.70. The highest BCUT2D eigenvalue weighted by atomic mass is 16.5. The summed E-state index contributed by atoms with van der Waals surface area (Å²) < 4.78 is 16.0. The molecule has 0 aliphatic heterocycles. The second kappa shape index (κ2) is 18.7. The summed E-state index contributed by atoms with van der Waals surface area (Å²) in [6.07, 6.45) is -0.325. The van der Waals surface area contributed by atoms with E-state index in [-0.39, 0.29) is 19.6 Å². The van der Waals surface area contributed by atoms with Crippen LogP contribution >= 0.6 is 0 Å². The van der Waals surface area contributed by atoms with Crippen molar-refractivity contribution in [3.63, 3.8) is 0 Å². The van der Waals surface area contributed by atoms with Crippen LogP contribution in [0.5, 0.6) is 5.75 Å². The van der Waals surface area contributed by atoms with Crippen molar-refractivity contribution in [3.05, 3.63) is 102 Å². The fourth-order valence-corrected chi connectivity index (χ4v) is 4.31. The standard InChI is InChI=1S/C35H42N4O8/c1-4-45-35(44)24(3)38-34(43)30(20-31(40)47-22-27-13-9-6-10-14-27)39-32(41)23(2)37-33(42)29(36)19-25-15-17-28(18-16-25)46-21-26-11-7-5-8-12-26/h5-18,23-24,29-30H,4,19-22,36H2,1-3H3,(H,37,42)(H,38,43)(H,39,41)/t23-,24-,29-,30+/m1/s1. The summed E-state index contributed by atoms with van der Waals surface area (Å²) in [6, 6.07) is 21.3. The number of carbonyl (C=O) groups is 5. The van der Waals surface area contributed by atoms with Crippen LogP contribution < -0.4 is 26.4 Å². The third kappa shape index (κ3) is 12.6. The molecule has 0 aliphatic carbocycles. The lowest BCUT2D eigenvalue weighted by molar-refractivity contribution is -0.148. The van der Waals surface area contributed by atoms with Gasteiger partial charge in [0.05, 0.1) is 19.1 Å². The maximum Gasteiger partial charge on any atom is 0.328 e. The Balaban J connectivity index is 1.55. The van der Waals surface area contributed by atoms with Gasteiger partial charge in [0.25, 0.3) is 0 Å². The monoisotopic (exact) mass is 646 g/mol. The highest BCUT2D eigenvalue weighted by Crippen LogP contribution is 2.15. The van der Waals surface area contributed by atoms with E-state index in [1.54, 1.807) is 55.5 Å². The number of nitrogens with one attached hydrogen (secondary N) is 3. The molecular weight excluding hydrogens is 604 g/mol. The molecule has 5 N–H and O–H groups in total. The molecule has 3 aromatic carbocycles. The Morgan fingerprint density at radius 2 is 1.23 bits per heavy atom. The summed E-state index contributed by atoms with van der Waals surface area (Å²) in [4.78, 5) is 63.6. The minimum absolute atomic E-state index is 0.0328. The lowest BCUT2D eigenvalue weighted by Crippen LogP contribution is -2.56. The molecule has 12 nitrogen and oxygen atoms in total. The first-order valence-electron chi connectivity index (χ1n) is 15.3.